The fourth-order valence-electron chi connectivity index (χ4n) is 6.09. The number of phenols is 1. The van der Waals surface area contributed by atoms with Crippen molar-refractivity contribution in [1.29, 1.82) is 0 Å². The van der Waals surface area contributed by atoms with E-state index in [4.69, 9.17) is 9.47 Å². The number of benzene rings is 6. The Morgan fingerprint density at radius 3 is 1.47 bits per heavy atom. The maximum Gasteiger partial charge on any atom is 0.343 e. The maximum atomic E-state index is 13.3. The normalized spacial score (nSPS) is 13.6. The summed E-state index contributed by atoms with van der Waals surface area (Å²) in [6.45, 7) is 0. The molecule has 2 aliphatic rings. The molecule has 6 aromatic carbocycles. The van der Waals surface area contributed by atoms with E-state index in [1.807, 2.05) is 133 Å². The monoisotopic (exact) mass is 589 g/mol. The molecule has 6 aromatic rings. The van der Waals surface area contributed by atoms with Crippen molar-refractivity contribution in [2.24, 2.45) is 0 Å². The van der Waals surface area contributed by atoms with Crippen LogP contribution in [0.1, 0.15) is 27.0 Å². The first-order valence-electron chi connectivity index (χ1n) is 14.6. The van der Waals surface area contributed by atoms with E-state index in [-0.39, 0.29) is 11.3 Å². The SMILES string of the molecule is O=C1OC2(c3ccccc3Oc3ccccc32)c2cc(Nc3ccc(Nc4ccc(Nc5ccccc5)cc4)cc3)cc(O)c21. The van der Waals surface area contributed by atoms with Crippen molar-refractivity contribution < 1.29 is 19.4 Å². The number of anilines is 6. The molecule has 0 saturated heterocycles. The molecule has 2 aliphatic heterocycles. The van der Waals surface area contributed by atoms with Gasteiger partial charge in [0.15, 0.2) is 5.60 Å². The first-order chi connectivity index (χ1) is 22.1. The van der Waals surface area contributed by atoms with Gasteiger partial charge in [0.1, 0.15) is 22.8 Å². The van der Waals surface area contributed by atoms with Crippen LogP contribution in [0.2, 0.25) is 0 Å². The topological polar surface area (TPSA) is 91.9 Å². The second-order valence-corrected chi connectivity index (χ2v) is 11.0. The number of fused-ring (bicyclic) bond motifs is 6. The van der Waals surface area contributed by atoms with Crippen LogP contribution in [0.4, 0.5) is 34.1 Å². The van der Waals surface area contributed by atoms with Gasteiger partial charge in [-0.3, -0.25) is 0 Å². The van der Waals surface area contributed by atoms with Crippen molar-refractivity contribution >= 4 is 40.1 Å². The predicted octanol–water partition coefficient (Wildman–Crippen LogP) is 9.19. The van der Waals surface area contributed by atoms with Crippen molar-refractivity contribution in [3.8, 4) is 17.2 Å². The van der Waals surface area contributed by atoms with Crippen LogP contribution in [0, 0.1) is 0 Å². The molecule has 218 valence electrons. The standard InChI is InChI=1S/C38H27N3O4/c42-33-23-29(41-28-20-18-27(19-21-28)40-26-16-14-25(15-17-26)39-24-8-2-1-3-9-24)22-32-36(33)37(43)45-38(32)30-10-4-6-12-34(30)44-35-13-7-5-11-31(35)38/h1-23,39-42H. The first kappa shape index (κ1) is 26.4. The minimum Gasteiger partial charge on any atom is -0.507 e. The van der Waals surface area contributed by atoms with Gasteiger partial charge in [-0.05, 0) is 78.9 Å². The molecule has 0 saturated carbocycles. The molecule has 0 unspecified atom stereocenters. The van der Waals surface area contributed by atoms with Gasteiger partial charge in [-0.25, -0.2) is 4.79 Å². The Balaban J connectivity index is 1.06. The lowest BCUT2D eigenvalue weighted by molar-refractivity contribution is 0.0223. The minimum atomic E-state index is -1.26. The number of hydrogen-bond donors (Lipinski definition) is 4. The number of ether oxygens (including phenoxy) is 2. The summed E-state index contributed by atoms with van der Waals surface area (Å²) in [6.07, 6.45) is 0. The van der Waals surface area contributed by atoms with Crippen LogP contribution < -0.4 is 20.7 Å². The van der Waals surface area contributed by atoms with Crippen LogP contribution in [0.15, 0.2) is 140 Å². The lowest BCUT2D eigenvalue weighted by Crippen LogP contribution is -2.32. The molecule has 1 spiro atoms. The van der Waals surface area contributed by atoms with Gasteiger partial charge in [-0.2, -0.15) is 0 Å². The molecule has 0 radical (unpaired) electrons. The van der Waals surface area contributed by atoms with Gasteiger partial charge in [0.05, 0.1) is 0 Å². The quantitative estimate of drug-likeness (QED) is 0.144. The van der Waals surface area contributed by atoms with Crippen LogP contribution in [-0.2, 0) is 10.3 Å². The highest BCUT2D eigenvalue weighted by Crippen LogP contribution is 2.57. The summed E-state index contributed by atoms with van der Waals surface area (Å²) in [5.41, 5.74) is 6.21. The Kier molecular flexibility index (Phi) is 6.17. The molecule has 0 bridgehead atoms. The van der Waals surface area contributed by atoms with Crippen molar-refractivity contribution in [1.82, 2.24) is 0 Å². The molecule has 4 N–H and O–H groups in total. The molecular weight excluding hydrogens is 562 g/mol. The lowest BCUT2D eigenvalue weighted by atomic mass is 9.77. The van der Waals surface area contributed by atoms with Gasteiger partial charge >= 0.3 is 5.97 Å². The van der Waals surface area contributed by atoms with E-state index >= 15 is 0 Å². The third-order valence-corrected chi connectivity index (χ3v) is 8.11. The van der Waals surface area contributed by atoms with E-state index in [2.05, 4.69) is 16.0 Å². The van der Waals surface area contributed by atoms with Crippen molar-refractivity contribution in [3.05, 3.63) is 162 Å². The van der Waals surface area contributed by atoms with E-state index in [9.17, 15) is 9.90 Å². The second-order valence-electron chi connectivity index (χ2n) is 11.0. The predicted molar refractivity (Wildman–Crippen MR) is 176 cm³/mol. The molecule has 7 nitrogen and oxygen atoms in total. The van der Waals surface area contributed by atoms with E-state index in [1.165, 1.54) is 0 Å². The molecule has 0 aliphatic carbocycles. The highest BCUT2D eigenvalue weighted by Gasteiger charge is 2.54. The number of aromatic hydroxyl groups is 1. The summed E-state index contributed by atoms with van der Waals surface area (Å²) in [5.74, 6) is 0.460. The Hall–Kier alpha value is -6.21. The number of nitrogens with one attached hydrogen (secondary N) is 3. The number of phenolic OH excluding ortho intramolecular Hbond substituents is 1. The highest BCUT2D eigenvalue weighted by molar-refractivity contribution is 6.00. The first-order valence-corrected chi connectivity index (χ1v) is 14.6. The second kappa shape index (κ2) is 10.5. The van der Waals surface area contributed by atoms with Crippen LogP contribution in [-0.4, -0.2) is 11.1 Å². The molecule has 0 amide bonds. The largest absolute Gasteiger partial charge is 0.507 e. The van der Waals surface area contributed by atoms with Crippen molar-refractivity contribution in [2.75, 3.05) is 16.0 Å². The zero-order valence-corrected chi connectivity index (χ0v) is 24.0. The molecular formula is C38H27N3O4. The summed E-state index contributed by atoms with van der Waals surface area (Å²) < 4.78 is 12.4. The average molecular weight is 590 g/mol. The Morgan fingerprint density at radius 1 is 0.489 bits per heavy atom. The van der Waals surface area contributed by atoms with Gasteiger partial charge in [-0.1, -0.05) is 54.6 Å². The molecule has 8 rings (SSSR count). The zero-order chi connectivity index (χ0) is 30.4. The van der Waals surface area contributed by atoms with E-state index in [0.717, 1.165) is 28.4 Å². The lowest BCUT2D eigenvalue weighted by Gasteiger charge is -2.36. The maximum absolute atomic E-state index is 13.3. The van der Waals surface area contributed by atoms with Crippen molar-refractivity contribution in [2.45, 2.75) is 5.60 Å². The van der Waals surface area contributed by atoms with Crippen molar-refractivity contribution in [3.63, 3.8) is 0 Å². The summed E-state index contributed by atoms with van der Waals surface area (Å²) in [4.78, 5) is 13.3. The highest BCUT2D eigenvalue weighted by atomic mass is 16.6. The Labute approximate surface area is 259 Å². The number of carbonyl (C=O) groups is 1. The van der Waals surface area contributed by atoms with Crippen LogP contribution >= 0.6 is 0 Å². The number of carbonyl (C=O) groups excluding carboxylic acids is 1. The van der Waals surface area contributed by atoms with E-state index in [0.29, 0.717) is 33.9 Å². The third-order valence-electron chi connectivity index (χ3n) is 8.11. The number of rotatable bonds is 6. The molecule has 0 atom stereocenters. The molecule has 0 aromatic heterocycles. The number of para-hydroxylation sites is 3. The molecule has 45 heavy (non-hydrogen) atoms. The van der Waals surface area contributed by atoms with Gasteiger partial charge in [0, 0.05) is 56.9 Å². The van der Waals surface area contributed by atoms with Crippen LogP contribution in [0.5, 0.6) is 17.2 Å². The van der Waals surface area contributed by atoms with Gasteiger partial charge in [0.2, 0.25) is 0 Å². The van der Waals surface area contributed by atoms with E-state index in [1.54, 1.807) is 6.07 Å². The Morgan fingerprint density at radius 2 is 0.933 bits per heavy atom. The number of esters is 1. The summed E-state index contributed by atoms with van der Waals surface area (Å²) in [5, 5.41) is 21.3. The Bertz CT molecular complexity index is 2010. The third kappa shape index (κ3) is 4.58. The van der Waals surface area contributed by atoms with Gasteiger partial charge < -0.3 is 30.5 Å². The fourth-order valence-corrected chi connectivity index (χ4v) is 6.09. The summed E-state index contributed by atoms with van der Waals surface area (Å²) >= 11 is 0. The summed E-state index contributed by atoms with van der Waals surface area (Å²) in [7, 11) is 0. The zero-order valence-electron chi connectivity index (χ0n) is 24.0. The smallest absolute Gasteiger partial charge is 0.343 e. The fraction of sp³-hybridized carbons (Fsp3) is 0.0263. The molecule has 0 fully saturated rings. The van der Waals surface area contributed by atoms with Crippen LogP contribution in [0.3, 0.4) is 0 Å². The average Bonchev–Trinajstić information content (AvgIpc) is 3.36. The van der Waals surface area contributed by atoms with Gasteiger partial charge in [-0.15, -0.1) is 0 Å². The number of hydrogen-bond acceptors (Lipinski definition) is 7. The van der Waals surface area contributed by atoms with Gasteiger partial charge in [0.25, 0.3) is 0 Å². The minimum absolute atomic E-state index is 0.150. The molecule has 7 heteroatoms. The summed E-state index contributed by atoms with van der Waals surface area (Å²) in [6, 6.07) is 44.5. The molecule has 2 heterocycles. The van der Waals surface area contributed by atoms with E-state index < -0.39 is 11.6 Å². The van der Waals surface area contributed by atoms with Crippen LogP contribution in [0.25, 0.3) is 0 Å².